The van der Waals surface area contributed by atoms with Gasteiger partial charge in [-0.25, -0.2) is 4.98 Å². The van der Waals surface area contributed by atoms with Crippen molar-refractivity contribution in [2.75, 3.05) is 0 Å². The molecule has 7 heteroatoms. The van der Waals surface area contributed by atoms with Crippen LogP contribution >= 0.6 is 11.3 Å². The van der Waals surface area contributed by atoms with Crippen molar-refractivity contribution in [2.24, 2.45) is 0 Å². The fourth-order valence-electron chi connectivity index (χ4n) is 4.10. The number of carbonyl (C=O) groups excluding carboxylic acids is 2. The summed E-state index contributed by atoms with van der Waals surface area (Å²) in [6.45, 7) is 6.65. The summed E-state index contributed by atoms with van der Waals surface area (Å²) in [7, 11) is 0. The van der Waals surface area contributed by atoms with Crippen molar-refractivity contribution in [3.8, 4) is 0 Å². The van der Waals surface area contributed by atoms with Crippen LogP contribution in [0.15, 0.2) is 30.5 Å². The smallest absolute Gasteiger partial charge is 0.220 e. The molecule has 1 aliphatic heterocycles. The van der Waals surface area contributed by atoms with Gasteiger partial charge in [0.2, 0.25) is 11.8 Å². The highest BCUT2D eigenvalue weighted by atomic mass is 32.1. The average Bonchev–Trinajstić information content (AvgIpc) is 3.36. The fourth-order valence-corrected chi connectivity index (χ4v) is 5.07. The lowest BCUT2D eigenvalue weighted by Crippen LogP contribution is -2.44. The monoisotopic (exact) mass is 424 g/mol. The molecular weight excluding hydrogens is 396 g/mol. The lowest BCUT2D eigenvalue weighted by atomic mass is 9.84. The number of thiazole rings is 1. The van der Waals surface area contributed by atoms with E-state index in [0.717, 1.165) is 23.5 Å². The van der Waals surface area contributed by atoms with Gasteiger partial charge in [-0.3, -0.25) is 14.0 Å². The van der Waals surface area contributed by atoms with E-state index in [1.54, 1.807) is 11.3 Å². The van der Waals surface area contributed by atoms with Crippen LogP contribution < -0.4 is 10.6 Å². The van der Waals surface area contributed by atoms with Gasteiger partial charge in [0.25, 0.3) is 0 Å². The van der Waals surface area contributed by atoms with Gasteiger partial charge < -0.3 is 10.6 Å². The number of carbonyl (C=O) groups is 2. The second kappa shape index (κ2) is 8.22. The van der Waals surface area contributed by atoms with Crippen molar-refractivity contribution in [3.05, 3.63) is 57.9 Å². The number of imidazole rings is 1. The molecule has 1 atom stereocenters. The van der Waals surface area contributed by atoms with Crippen molar-refractivity contribution in [2.45, 2.75) is 65.0 Å². The molecule has 2 N–H and O–H groups in total. The summed E-state index contributed by atoms with van der Waals surface area (Å²) in [5.41, 5.74) is 4.12. The number of hydrogen-bond acceptors (Lipinski definition) is 4. The maximum absolute atomic E-state index is 12.5. The normalized spacial score (nSPS) is 18.7. The van der Waals surface area contributed by atoms with E-state index in [9.17, 15) is 9.59 Å². The highest BCUT2D eigenvalue weighted by Gasteiger charge is 2.37. The van der Waals surface area contributed by atoms with Gasteiger partial charge in [0.1, 0.15) is 0 Å². The van der Waals surface area contributed by atoms with Crippen molar-refractivity contribution in [1.82, 2.24) is 20.0 Å². The molecule has 0 radical (unpaired) electrons. The van der Waals surface area contributed by atoms with Gasteiger partial charge in [0.15, 0.2) is 4.96 Å². The molecule has 0 saturated carbocycles. The Morgan fingerprint density at radius 1 is 1.27 bits per heavy atom. The Hall–Kier alpha value is -2.67. The molecule has 4 rings (SSSR count). The molecule has 0 spiro atoms. The Kier molecular flexibility index (Phi) is 5.64. The van der Waals surface area contributed by atoms with Crippen LogP contribution in [-0.4, -0.2) is 26.7 Å². The lowest BCUT2D eigenvalue weighted by Gasteiger charge is -2.29. The number of nitrogens with one attached hydrogen (secondary N) is 2. The Bertz CT molecular complexity index is 1080. The van der Waals surface area contributed by atoms with E-state index < -0.39 is 0 Å². The summed E-state index contributed by atoms with van der Waals surface area (Å²) in [5.74, 6) is 0.0648. The number of aryl methyl sites for hydroxylation is 3. The standard InChI is InChI=1S/C23H28N4O2S/c1-15-4-6-18(7-5-15)12-23(11-9-21(29)26-23)10-8-20(28)24-13-19-14-27-16(2)17(3)30-22(27)25-19/h4-7,14H,8-13H2,1-3H3,(H,24,28)(H,26,29)/t23-/m0/s1. The molecule has 2 amide bonds. The zero-order chi connectivity index (χ0) is 21.3. The van der Waals surface area contributed by atoms with Gasteiger partial charge in [-0.15, -0.1) is 11.3 Å². The Morgan fingerprint density at radius 3 is 2.70 bits per heavy atom. The molecule has 0 bridgehead atoms. The minimum atomic E-state index is -0.338. The van der Waals surface area contributed by atoms with Crippen molar-refractivity contribution < 1.29 is 9.59 Å². The van der Waals surface area contributed by atoms with Crippen LogP contribution in [0.2, 0.25) is 0 Å². The molecule has 1 aliphatic rings. The quantitative estimate of drug-likeness (QED) is 0.608. The first kappa shape index (κ1) is 20.6. The van der Waals surface area contributed by atoms with Crippen molar-refractivity contribution in [1.29, 1.82) is 0 Å². The van der Waals surface area contributed by atoms with Gasteiger partial charge >= 0.3 is 0 Å². The van der Waals surface area contributed by atoms with E-state index in [1.165, 1.54) is 21.7 Å². The molecule has 3 heterocycles. The average molecular weight is 425 g/mol. The number of amides is 2. The number of benzene rings is 1. The lowest BCUT2D eigenvalue weighted by molar-refractivity contribution is -0.122. The zero-order valence-corrected chi connectivity index (χ0v) is 18.6. The molecule has 6 nitrogen and oxygen atoms in total. The molecule has 1 aromatic carbocycles. The topological polar surface area (TPSA) is 75.5 Å². The fraction of sp³-hybridized carbons (Fsp3) is 0.435. The second-order valence-electron chi connectivity index (χ2n) is 8.40. The van der Waals surface area contributed by atoms with Crippen LogP contribution in [-0.2, 0) is 22.6 Å². The molecular formula is C23H28N4O2S. The van der Waals surface area contributed by atoms with Crippen LogP contribution in [0.5, 0.6) is 0 Å². The Balaban J connectivity index is 1.35. The van der Waals surface area contributed by atoms with Crippen LogP contribution in [0.25, 0.3) is 4.96 Å². The van der Waals surface area contributed by atoms with E-state index in [4.69, 9.17) is 0 Å². The van der Waals surface area contributed by atoms with Crippen LogP contribution in [0.4, 0.5) is 0 Å². The summed E-state index contributed by atoms with van der Waals surface area (Å²) in [5, 5.41) is 6.14. The molecule has 30 heavy (non-hydrogen) atoms. The van der Waals surface area contributed by atoms with E-state index in [0.29, 0.717) is 25.8 Å². The molecule has 1 fully saturated rings. The Morgan fingerprint density at radius 2 is 2.03 bits per heavy atom. The largest absolute Gasteiger partial charge is 0.350 e. The molecule has 0 aliphatic carbocycles. The number of hydrogen-bond donors (Lipinski definition) is 2. The van der Waals surface area contributed by atoms with Gasteiger partial charge in [0.05, 0.1) is 12.2 Å². The third-order valence-corrected chi connectivity index (χ3v) is 7.11. The highest BCUT2D eigenvalue weighted by molar-refractivity contribution is 7.17. The predicted octanol–water partition coefficient (Wildman–Crippen LogP) is 3.61. The first-order chi connectivity index (χ1) is 14.3. The zero-order valence-electron chi connectivity index (χ0n) is 17.7. The summed E-state index contributed by atoms with van der Waals surface area (Å²) in [4.78, 5) is 31.3. The van der Waals surface area contributed by atoms with E-state index >= 15 is 0 Å². The molecule has 158 valence electrons. The minimum absolute atomic E-state index is 0.0105. The maximum atomic E-state index is 12.5. The first-order valence-electron chi connectivity index (χ1n) is 10.4. The SMILES string of the molecule is Cc1ccc(C[C@]2(CCC(=O)NCc3cn4c(C)c(C)sc4n3)CCC(=O)N2)cc1. The highest BCUT2D eigenvalue weighted by Crippen LogP contribution is 2.29. The first-order valence-corrected chi connectivity index (χ1v) is 11.2. The maximum Gasteiger partial charge on any atom is 0.220 e. The molecule has 1 saturated heterocycles. The molecule has 0 unspecified atom stereocenters. The van der Waals surface area contributed by atoms with E-state index in [2.05, 4.69) is 65.1 Å². The molecule has 3 aromatic rings. The summed E-state index contributed by atoms with van der Waals surface area (Å²) in [6, 6.07) is 8.39. The van der Waals surface area contributed by atoms with Gasteiger partial charge in [-0.2, -0.15) is 0 Å². The van der Waals surface area contributed by atoms with Gasteiger partial charge in [-0.05, 0) is 45.6 Å². The van der Waals surface area contributed by atoms with Gasteiger partial charge in [-0.1, -0.05) is 29.8 Å². The van der Waals surface area contributed by atoms with Gasteiger partial charge in [0, 0.05) is 35.1 Å². The second-order valence-corrected chi connectivity index (χ2v) is 9.58. The summed E-state index contributed by atoms with van der Waals surface area (Å²) in [6.07, 6.45) is 5.05. The third kappa shape index (κ3) is 4.41. The number of fused-ring (bicyclic) bond motifs is 1. The van der Waals surface area contributed by atoms with E-state index in [-0.39, 0.29) is 17.4 Å². The molecule has 2 aromatic heterocycles. The number of nitrogens with zero attached hydrogens (tertiary/aromatic N) is 2. The van der Waals surface area contributed by atoms with Crippen molar-refractivity contribution >= 4 is 28.1 Å². The van der Waals surface area contributed by atoms with Crippen molar-refractivity contribution in [3.63, 3.8) is 0 Å². The van der Waals surface area contributed by atoms with Crippen LogP contribution in [0.3, 0.4) is 0 Å². The van der Waals surface area contributed by atoms with Crippen LogP contribution in [0, 0.1) is 20.8 Å². The Labute approximate surface area is 180 Å². The summed E-state index contributed by atoms with van der Waals surface area (Å²) >= 11 is 1.66. The minimum Gasteiger partial charge on any atom is -0.350 e. The predicted molar refractivity (Wildman–Crippen MR) is 119 cm³/mol. The van der Waals surface area contributed by atoms with Crippen LogP contribution in [0.1, 0.15) is 53.1 Å². The number of rotatable bonds is 7. The summed E-state index contributed by atoms with van der Waals surface area (Å²) < 4.78 is 2.08. The third-order valence-electron chi connectivity index (χ3n) is 6.03. The van der Waals surface area contributed by atoms with E-state index in [1.807, 2.05) is 6.20 Å². The number of aromatic nitrogens is 2.